The molecule has 1 aromatic carbocycles. The lowest BCUT2D eigenvalue weighted by Gasteiger charge is -2.12. The van der Waals surface area contributed by atoms with Crippen LogP contribution in [0.5, 0.6) is 5.75 Å². The van der Waals surface area contributed by atoms with Crippen molar-refractivity contribution in [3.63, 3.8) is 0 Å². The second-order valence-electron chi connectivity index (χ2n) is 5.38. The molecule has 1 aromatic rings. The minimum absolute atomic E-state index is 0.321. The molecule has 0 radical (unpaired) electrons. The molecule has 20 heavy (non-hydrogen) atoms. The summed E-state index contributed by atoms with van der Waals surface area (Å²) in [5, 5.41) is 15.8. The van der Waals surface area contributed by atoms with Crippen molar-refractivity contribution in [2.45, 2.75) is 33.1 Å². The molecule has 0 aliphatic carbocycles. The van der Waals surface area contributed by atoms with E-state index >= 15 is 0 Å². The van der Waals surface area contributed by atoms with Crippen molar-refractivity contribution in [2.24, 2.45) is 10.9 Å². The highest BCUT2D eigenvalue weighted by Crippen LogP contribution is 2.10. The SMILES string of the molecule is CN=C(NCCCc1ccc(O)cc1)NCCC(C)C. The predicted molar refractivity (Wildman–Crippen MR) is 85.2 cm³/mol. The van der Waals surface area contributed by atoms with E-state index in [0.717, 1.165) is 38.3 Å². The lowest BCUT2D eigenvalue weighted by atomic mass is 10.1. The third kappa shape index (κ3) is 7.02. The number of nitrogens with one attached hydrogen (secondary N) is 2. The smallest absolute Gasteiger partial charge is 0.190 e. The summed E-state index contributed by atoms with van der Waals surface area (Å²) in [4.78, 5) is 4.20. The van der Waals surface area contributed by atoms with Crippen LogP contribution >= 0.6 is 0 Å². The summed E-state index contributed by atoms with van der Waals surface area (Å²) in [5.74, 6) is 1.90. The first-order valence-corrected chi connectivity index (χ1v) is 7.34. The van der Waals surface area contributed by atoms with Crippen LogP contribution in [0.25, 0.3) is 0 Å². The minimum Gasteiger partial charge on any atom is -0.508 e. The van der Waals surface area contributed by atoms with Gasteiger partial charge in [-0.2, -0.15) is 0 Å². The zero-order chi connectivity index (χ0) is 14.8. The third-order valence-electron chi connectivity index (χ3n) is 3.11. The van der Waals surface area contributed by atoms with Gasteiger partial charge in [0.1, 0.15) is 5.75 Å². The van der Waals surface area contributed by atoms with Gasteiger partial charge in [-0.25, -0.2) is 0 Å². The maximum Gasteiger partial charge on any atom is 0.190 e. The van der Waals surface area contributed by atoms with Gasteiger partial charge in [-0.05, 0) is 42.9 Å². The van der Waals surface area contributed by atoms with Crippen molar-refractivity contribution in [3.8, 4) is 5.75 Å². The molecule has 4 nitrogen and oxygen atoms in total. The summed E-state index contributed by atoms with van der Waals surface area (Å²) in [5.41, 5.74) is 1.24. The van der Waals surface area contributed by atoms with E-state index in [4.69, 9.17) is 0 Å². The highest BCUT2D eigenvalue weighted by molar-refractivity contribution is 5.79. The molecule has 0 aliphatic heterocycles. The molecule has 0 fully saturated rings. The Kier molecular flexibility index (Phi) is 7.55. The van der Waals surface area contributed by atoms with Gasteiger partial charge in [0, 0.05) is 20.1 Å². The molecule has 0 unspecified atom stereocenters. The van der Waals surface area contributed by atoms with E-state index in [1.54, 1.807) is 19.2 Å². The van der Waals surface area contributed by atoms with Gasteiger partial charge in [-0.15, -0.1) is 0 Å². The fourth-order valence-electron chi connectivity index (χ4n) is 1.86. The number of hydrogen-bond acceptors (Lipinski definition) is 2. The van der Waals surface area contributed by atoms with Crippen molar-refractivity contribution in [1.29, 1.82) is 0 Å². The monoisotopic (exact) mass is 277 g/mol. The standard InChI is InChI=1S/C16H27N3O/c1-13(2)10-12-19-16(17-3)18-11-4-5-14-6-8-15(20)9-7-14/h6-9,13,20H,4-5,10-12H2,1-3H3,(H2,17,18,19). The Bertz CT molecular complexity index is 399. The molecular formula is C16H27N3O. The molecule has 1 rings (SSSR count). The summed E-state index contributed by atoms with van der Waals surface area (Å²) in [6, 6.07) is 7.39. The van der Waals surface area contributed by atoms with Gasteiger partial charge in [-0.1, -0.05) is 26.0 Å². The van der Waals surface area contributed by atoms with Crippen molar-refractivity contribution in [1.82, 2.24) is 10.6 Å². The number of phenols is 1. The molecule has 0 spiro atoms. The number of nitrogens with zero attached hydrogens (tertiary/aromatic N) is 1. The molecule has 0 saturated carbocycles. The Morgan fingerprint density at radius 1 is 1.15 bits per heavy atom. The summed E-state index contributed by atoms with van der Waals surface area (Å²) >= 11 is 0. The van der Waals surface area contributed by atoms with Crippen LogP contribution in [-0.4, -0.2) is 31.2 Å². The largest absolute Gasteiger partial charge is 0.508 e. The summed E-state index contributed by atoms with van der Waals surface area (Å²) in [6.45, 7) is 6.28. The normalized spacial score (nSPS) is 11.7. The van der Waals surface area contributed by atoms with Gasteiger partial charge in [-0.3, -0.25) is 4.99 Å². The number of aliphatic imine (C=N–C) groups is 1. The highest BCUT2D eigenvalue weighted by atomic mass is 16.3. The van der Waals surface area contributed by atoms with E-state index in [-0.39, 0.29) is 0 Å². The molecule has 0 heterocycles. The summed E-state index contributed by atoms with van der Waals surface area (Å²) < 4.78 is 0. The molecule has 0 aliphatic rings. The van der Waals surface area contributed by atoms with Crippen LogP contribution in [0.2, 0.25) is 0 Å². The first-order chi connectivity index (χ1) is 9.61. The van der Waals surface area contributed by atoms with Crippen molar-refractivity contribution >= 4 is 5.96 Å². The zero-order valence-corrected chi connectivity index (χ0v) is 12.8. The topological polar surface area (TPSA) is 56.7 Å². The Morgan fingerprint density at radius 2 is 1.80 bits per heavy atom. The van der Waals surface area contributed by atoms with Crippen molar-refractivity contribution < 1.29 is 5.11 Å². The van der Waals surface area contributed by atoms with Gasteiger partial charge in [0.15, 0.2) is 5.96 Å². The Hall–Kier alpha value is -1.71. The number of phenolic OH excluding ortho intramolecular Hbond substituents is 1. The first kappa shape index (κ1) is 16.3. The van der Waals surface area contributed by atoms with Crippen molar-refractivity contribution in [2.75, 3.05) is 20.1 Å². The van der Waals surface area contributed by atoms with Crippen LogP contribution in [0.1, 0.15) is 32.3 Å². The predicted octanol–water partition coefficient (Wildman–Crippen LogP) is 2.54. The van der Waals surface area contributed by atoms with E-state index in [1.165, 1.54) is 5.56 Å². The van der Waals surface area contributed by atoms with E-state index in [1.807, 2.05) is 12.1 Å². The Balaban J connectivity index is 2.17. The molecule has 0 bridgehead atoms. The fourth-order valence-corrected chi connectivity index (χ4v) is 1.86. The first-order valence-electron chi connectivity index (χ1n) is 7.34. The number of benzene rings is 1. The van der Waals surface area contributed by atoms with Crippen LogP contribution < -0.4 is 10.6 Å². The van der Waals surface area contributed by atoms with Gasteiger partial charge >= 0.3 is 0 Å². The molecule has 0 saturated heterocycles. The van der Waals surface area contributed by atoms with Crippen LogP contribution in [0.4, 0.5) is 0 Å². The molecule has 4 heteroatoms. The zero-order valence-electron chi connectivity index (χ0n) is 12.8. The maximum absolute atomic E-state index is 9.22. The lowest BCUT2D eigenvalue weighted by molar-refractivity contribution is 0.475. The van der Waals surface area contributed by atoms with Gasteiger partial charge in [0.05, 0.1) is 0 Å². The molecule has 0 amide bonds. The van der Waals surface area contributed by atoms with E-state index < -0.39 is 0 Å². The van der Waals surface area contributed by atoms with E-state index in [9.17, 15) is 5.11 Å². The second-order valence-corrected chi connectivity index (χ2v) is 5.38. The average molecular weight is 277 g/mol. The number of rotatable bonds is 7. The number of hydrogen-bond donors (Lipinski definition) is 3. The van der Waals surface area contributed by atoms with Crippen LogP contribution in [0, 0.1) is 5.92 Å². The summed E-state index contributed by atoms with van der Waals surface area (Å²) in [6.07, 6.45) is 3.18. The number of guanidine groups is 1. The fraction of sp³-hybridized carbons (Fsp3) is 0.562. The van der Waals surface area contributed by atoms with Gasteiger partial charge in [0.25, 0.3) is 0 Å². The molecular weight excluding hydrogens is 250 g/mol. The maximum atomic E-state index is 9.22. The van der Waals surface area contributed by atoms with Crippen LogP contribution in [0.3, 0.4) is 0 Å². The molecule has 3 N–H and O–H groups in total. The minimum atomic E-state index is 0.321. The Morgan fingerprint density at radius 3 is 2.40 bits per heavy atom. The third-order valence-corrected chi connectivity index (χ3v) is 3.11. The van der Waals surface area contributed by atoms with Crippen molar-refractivity contribution in [3.05, 3.63) is 29.8 Å². The molecule has 112 valence electrons. The number of aromatic hydroxyl groups is 1. The average Bonchev–Trinajstić information content (AvgIpc) is 2.43. The highest BCUT2D eigenvalue weighted by Gasteiger charge is 1.99. The summed E-state index contributed by atoms with van der Waals surface area (Å²) in [7, 11) is 1.80. The van der Waals surface area contributed by atoms with Crippen LogP contribution in [0.15, 0.2) is 29.3 Å². The molecule has 0 atom stereocenters. The lowest BCUT2D eigenvalue weighted by Crippen LogP contribution is -2.38. The van der Waals surface area contributed by atoms with Crippen LogP contribution in [-0.2, 0) is 6.42 Å². The molecule has 0 aromatic heterocycles. The quantitative estimate of drug-likeness (QED) is 0.408. The Labute approximate surface area is 122 Å². The van der Waals surface area contributed by atoms with Gasteiger partial charge in [0.2, 0.25) is 0 Å². The van der Waals surface area contributed by atoms with Gasteiger partial charge < -0.3 is 15.7 Å². The van der Waals surface area contributed by atoms with E-state index in [2.05, 4.69) is 29.5 Å². The van der Waals surface area contributed by atoms with E-state index in [0.29, 0.717) is 11.7 Å². The second kappa shape index (κ2) is 9.23. The number of aryl methyl sites for hydroxylation is 1.